The van der Waals surface area contributed by atoms with E-state index in [1.807, 2.05) is 6.92 Å². The van der Waals surface area contributed by atoms with Crippen molar-refractivity contribution < 1.29 is 9.53 Å². The van der Waals surface area contributed by atoms with Gasteiger partial charge in [0.2, 0.25) is 0 Å². The van der Waals surface area contributed by atoms with Gasteiger partial charge >= 0.3 is 5.97 Å². The maximum atomic E-state index is 11.3. The maximum absolute atomic E-state index is 11.3. The number of esters is 1. The molecule has 3 nitrogen and oxygen atoms in total. The summed E-state index contributed by atoms with van der Waals surface area (Å²) in [6.45, 7) is 2.28. The van der Waals surface area contributed by atoms with Crippen LogP contribution in [0.2, 0.25) is 0 Å². The Kier molecular flexibility index (Phi) is 4.39. The monoisotopic (exact) mass is 199 g/mol. The first kappa shape index (κ1) is 11.5. The van der Waals surface area contributed by atoms with E-state index in [9.17, 15) is 4.79 Å². The van der Waals surface area contributed by atoms with Gasteiger partial charge in [-0.25, -0.2) is 0 Å². The van der Waals surface area contributed by atoms with E-state index >= 15 is 0 Å². The van der Waals surface area contributed by atoms with Crippen LogP contribution in [0.1, 0.15) is 51.9 Å². The van der Waals surface area contributed by atoms with Crippen molar-refractivity contribution >= 4 is 5.97 Å². The topological polar surface area (TPSA) is 52.3 Å². The van der Waals surface area contributed by atoms with E-state index in [-0.39, 0.29) is 11.5 Å². The van der Waals surface area contributed by atoms with Gasteiger partial charge in [0.05, 0.1) is 13.0 Å². The molecule has 0 amide bonds. The zero-order valence-corrected chi connectivity index (χ0v) is 9.05. The van der Waals surface area contributed by atoms with Crippen LogP contribution in [-0.4, -0.2) is 18.1 Å². The highest BCUT2D eigenvalue weighted by Crippen LogP contribution is 2.27. The lowest BCUT2D eigenvalue weighted by molar-refractivity contribution is -0.144. The molecular formula is C11H21NO2. The highest BCUT2D eigenvalue weighted by atomic mass is 16.5. The Hall–Kier alpha value is -0.570. The van der Waals surface area contributed by atoms with Gasteiger partial charge in [0, 0.05) is 5.54 Å². The summed E-state index contributed by atoms with van der Waals surface area (Å²) in [5, 5.41) is 0. The fourth-order valence-electron chi connectivity index (χ4n) is 2.11. The zero-order valence-electron chi connectivity index (χ0n) is 9.05. The van der Waals surface area contributed by atoms with Crippen LogP contribution >= 0.6 is 0 Å². The van der Waals surface area contributed by atoms with Gasteiger partial charge in [0.1, 0.15) is 0 Å². The average Bonchev–Trinajstić information content (AvgIpc) is 2.30. The summed E-state index contributed by atoms with van der Waals surface area (Å²) in [7, 11) is 0. The number of nitrogens with two attached hydrogens (primary N) is 1. The molecule has 0 unspecified atom stereocenters. The normalized spacial score (nSPS) is 21.3. The molecule has 1 aliphatic carbocycles. The molecule has 0 saturated heterocycles. The van der Waals surface area contributed by atoms with Gasteiger partial charge in [0.25, 0.3) is 0 Å². The van der Waals surface area contributed by atoms with Crippen LogP contribution in [-0.2, 0) is 9.53 Å². The third kappa shape index (κ3) is 3.66. The summed E-state index contributed by atoms with van der Waals surface area (Å²) in [6.07, 6.45) is 7.12. The van der Waals surface area contributed by atoms with Gasteiger partial charge in [0.15, 0.2) is 0 Å². The smallest absolute Gasteiger partial charge is 0.307 e. The first-order valence-corrected chi connectivity index (χ1v) is 5.61. The van der Waals surface area contributed by atoms with Crippen molar-refractivity contribution in [1.82, 2.24) is 0 Å². The molecule has 0 atom stereocenters. The standard InChI is InChI=1S/C11H21NO2/c1-2-14-10(13)9-11(12)7-5-3-4-6-8-11/h2-9,12H2,1H3. The Bertz CT molecular complexity index is 184. The van der Waals surface area contributed by atoms with E-state index in [4.69, 9.17) is 10.5 Å². The van der Waals surface area contributed by atoms with Crippen molar-refractivity contribution in [2.75, 3.05) is 6.61 Å². The molecule has 3 heteroatoms. The molecular weight excluding hydrogens is 178 g/mol. The van der Waals surface area contributed by atoms with Crippen molar-refractivity contribution in [1.29, 1.82) is 0 Å². The highest BCUT2D eigenvalue weighted by molar-refractivity contribution is 5.70. The summed E-state index contributed by atoms with van der Waals surface area (Å²) in [5.41, 5.74) is 5.90. The van der Waals surface area contributed by atoms with Crippen LogP contribution in [0.4, 0.5) is 0 Å². The van der Waals surface area contributed by atoms with E-state index < -0.39 is 0 Å². The van der Waals surface area contributed by atoms with Gasteiger partial charge in [-0.3, -0.25) is 4.79 Å². The van der Waals surface area contributed by atoms with Gasteiger partial charge < -0.3 is 10.5 Å². The van der Waals surface area contributed by atoms with Crippen LogP contribution in [0.3, 0.4) is 0 Å². The molecule has 14 heavy (non-hydrogen) atoms. The molecule has 2 N–H and O–H groups in total. The molecule has 1 aliphatic rings. The SMILES string of the molecule is CCOC(=O)CC1(N)CCCCCC1. The lowest BCUT2D eigenvalue weighted by Gasteiger charge is -2.26. The van der Waals surface area contributed by atoms with Crippen LogP contribution < -0.4 is 5.73 Å². The summed E-state index contributed by atoms with van der Waals surface area (Å²) >= 11 is 0. The van der Waals surface area contributed by atoms with E-state index in [0.717, 1.165) is 25.7 Å². The molecule has 1 fully saturated rings. The fraction of sp³-hybridized carbons (Fsp3) is 0.909. The minimum absolute atomic E-state index is 0.142. The second-order valence-corrected chi connectivity index (χ2v) is 4.26. The van der Waals surface area contributed by atoms with Crippen molar-refractivity contribution in [3.8, 4) is 0 Å². The number of carbonyl (C=O) groups excluding carboxylic acids is 1. The molecule has 0 aliphatic heterocycles. The van der Waals surface area contributed by atoms with Crippen molar-refractivity contribution in [2.45, 2.75) is 57.4 Å². The second-order valence-electron chi connectivity index (χ2n) is 4.26. The highest BCUT2D eigenvalue weighted by Gasteiger charge is 2.29. The largest absolute Gasteiger partial charge is 0.466 e. The van der Waals surface area contributed by atoms with Crippen molar-refractivity contribution in [3.63, 3.8) is 0 Å². The Morgan fingerprint density at radius 3 is 2.36 bits per heavy atom. The summed E-state index contributed by atoms with van der Waals surface area (Å²) in [5.74, 6) is -0.142. The van der Waals surface area contributed by atoms with Crippen LogP contribution in [0.5, 0.6) is 0 Å². The third-order valence-corrected chi connectivity index (χ3v) is 2.90. The predicted octanol–water partition coefficient (Wildman–Crippen LogP) is 1.99. The lowest BCUT2D eigenvalue weighted by atomic mass is 9.88. The molecule has 0 radical (unpaired) electrons. The fourth-order valence-corrected chi connectivity index (χ4v) is 2.11. The molecule has 1 saturated carbocycles. The van der Waals surface area contributed by atoms with Crippen LogP contribution in [0, 0.1) is 0 Å². The number of rotatable bonds is 3. The first-order chi connectivity index (χ1) is 6.66. The molecule has 0 bridgehead atoms. The number of hydrogen-bond acceptors (Lipinski definition) is 3. The second kappa shape index (κ2) is 5.35. The quantitative estimate of drug-likeness (QED) is 0.558. The molecule has 0 aromatic carbocycles. The van der Waals surface area contributed by atoms with Crippen LogP contribution in [0.25, 0.3) is 0 Å². The van der Waals surface area contributed by atoms with E-state index in [1.165, 1.54) is 12.8 Å². The van der Waals surface area contributed by atoms with E-state index in [1.54, 1.807) is 0 Å². The molecule has 1 rings (SSSR count). The Labute approximate surface area is 86.0 Å². The Balaban J connectivity index is 2.41. The molecule has 0 aromatic rings. The van der Waals surface area contributed by atoms with E-state index in [2.05, 4.69) is 0 Å². The van der Waals surface area contributed by atoms with Crippen molar-refractivity contribution in [2.24, 2.45) is 5.73 Å². The Morgan fingerprint density at radius 2 is 1.86 bits per heavy atom. The Morgan fingerprint density at radius 1 is 1.29 bits per heavy atom. The van der Waals surface area contributed by atoms with E-state index in [0.29, 0.717) is 13.0 Å². The first-order valence-electron chi connectivity index (χ1n) is 5.61. The zero-order chi connectivity index (χ0) is 10.4. The maximum Gasteiger partial charge on any atom is 0.307 e. The van der Waals surface area contributed by atoms with Crippen LogP contribution in [0.15, 0.2) is 0 Å². The third-order valence-electron chi connectivity index (χ3n) is 2.90. The number of carbonyl (C=O) groups is 1. The molecule has 82 valence electrons. The summed E-state index contributed by atoms with van der Waals surface area (Å²) < 4.78 is 4.93. The van der Waals surface area contributed by atoms with Crippen molar-refractivity contribution in [3.05, 3.63) is 0 Å². The van der Waals surface area contributed by atoms with Gasteiger partial charge in [-0.15, -0.1) is 0 Å². The van der Waals surface area contributed by atoms with Gasteiger partial charge in [-0.1, -0.05) is 25.7 Å². The molecule has 0 aromatic heterocycles. The average molecular weight is 199 g/mol. The number of ether oxygens (including phenoxy) is 1. The summed E-state index contributed by atoms with van der Waals surface area (Å²) in [6, 6.07) is 0. The minimum atomic E-state index is -0.289. The van der Waals surface area contributed by atoms with Gasteiger partial charge in [-0.05, 0) is 19.8 Å². The van der Waals surface area contributed by atoms with Gasteiger partial charge in [-0.2, -0.15) is 0 Å². The molecule has 0 heterocycles. The molecule has 0 spiro atoms. The summed E-state index contributed by atoms with van der Waals surface area (Å²) in [4.78, 5) is 11.3. The predicted molar refractivity (Wildman–Crippen MR) is 55.9 cm³/mol. The lowest BCUT2D eigenvalue weighted by Crippen LogP contribution is -2.41. The number of hydrogen-bond donors (Lipinski definition) is 1. The minimum Gasteiger partial charge on any atom is -0.466 e.